The normalized spacial score (nSPS) is 17.4. The minimum atomic E-state index is -0.930. The van der Waals surface area contributed by atoms with Gasteiger partial charge in [-0.2, -0.15) is 0 Å². The Labute approximate surface area is 113 Å². The lowest BCUT2D eigenvalue weighted by molar-refractivity contribution is 0.0555. The van der Waals surface area contributed by atoms with Gasteiger partial charge in [0.15, 0.2) is 0 Å². The molecule has 1 aromatic rings. The molecule has 2 rings (SSSR count). The van der Waals surface area contributed by atoms with Gasteiger partial charge in [0.2, 0.25) is 0 Å². The van der Waals surface area contributed by atoms with Gasteiger partial charge < -0.3 is 15.1 Å². The zero-order chi connectivity index (χ0) is 14.0. The summed E-state index contributed by atoms with van der Waals surface area (Å²) >= 11 is 0. The fraction of sp³-hybridized carbons (Fsp3) is 0.533. The number of carboxylic acids is 1. The van der Waals surface area contributed by atoms with E-state index < -0.39 is 11.6 Å². The number of nitrogens with zero attached hydrogens (tertiary/aromatic N) is 1. The standard InChI is InChI=1S/C15H21NO3/c1-11-5-6-12(14(17)18)13(9-11)16(2)10-15(19)7-3-4-8-15/h5-6,9,19H,3-4,7-8,10H2,1-2H3,(H,17,18). The lowest BCUT2D eigenvalue weighted by Crippen LogP contribution is -2.39. The summed E-state index contributed by atoms with van der Waals surface area (Å²) in [7, 11) is 1.84. The number of hydrogen-bond donors (Lipinski definition) is 2. The second kappa shape index (κ2) is 5.21. The Hall–Kier alpha value is -1.55. The third-order valence-corrected chi connectivity index (χ3v) is 3.86. The second-order valence-corrected chi connectivity index (χ2v) is 5.61. The van der Waals surface area contributed by atoms with Gasteiger partial charge in [0.1, 0.15) is 0 Å². The Bertz CT molecular complexity index is 478. The molecule has 0 amide bonds. The van der Waals surface area contributed by atoms with Crippen LogP contribution in [0.2, 0.25) is 0 Å². The Morgan fingerprint density at radius 3 is 2.58 bits per heavy atom. The maximum atomic E-state index is 11.3. The van der Waals surface area contributed by atoms with E-state index in [1.54, 1.807) is 12.1 Å². The number of anilines is 1. The van der Waals surface area contributed by atoms with Crippen LogP contribution in [0.4, 0.5) is 5.69 Å². The molecule has 0 unspecified atom stereocenters. The summed E-state index contributed by atoms with van der Waals surface area (Å²) in [5.74, 6) is -0.930. The van der Waals surface area contributed by atoms with Crippen LogP contribution >= 0.6 is 0 Å². The van der Waals surface area contributed by atoms with Gasteiger partial charge in [-0.05, 0) is 37.5 Å². The molecular weight excluding hydrogens is 242 g/mol. The molecule has 104 valence electrons. The highest BCUT2D eigenvalue weighted by Gasteiger charge is 2.33. The summed E-state index contributed by atoms with van der Waals surface area (Å²) in [6.07, 6.45) is 3.69. The van der Waals surface area contributed by atoms with Crippen LogP contribution in [-0.4, -0.2) is 35.4 Å². The van der Waals surface area contributed by atoms with E-state index in [-0.39, 0.29) is 5.56 Å². The minimum absolute atomic E-state index is 0.287. The third-order valence-electron chi connectivity index (χ3n) is 3.86. The van der Waals surface area contributed by atoms with Crippen LogP contribution < -0.4 is 4.90 Å². The molecular formula is C15H21NO3. The predicted octanol–water partition coefficient (Wildman–Crippen LogP) is 2.43. The van der Waals surface area contributed by atoms with Gasteiger partial charge >= 0.3 is 5.97 Å². The fourth-order valence-electron chi connectivity index (χ4n) is 2.86. The Morgan fingerprint density at radius 2 is 2.00 bits per heavy atom. The number of aliphatic hydroxyl groups is 1. The van der Waals surface area contributed by atoms with Crippen LogP contribution in [0.3, 0.4) is 0 Å². The van der Waals surface area contributed by atoms with E-state index in [4.69, 9.17) is 0 Å². The molecule has 1 saturated carbocycles. The van der Waals surface area contributed by atoms with E-state index >= 15 is 0 Å². The van der Waals surface area contributed by atoms with Crippen molar-refractivity contribution in [2.75, 3.05) is 18.5 Å². The monoisotopic (exact) mass is 263 g/mol. The van der Waals surface area contributed by atoms with E-state index in [9.17, 15) is 15.0 Å². The average Bonchev–Trinajstić information content (AvgIpc) is 2.75. The Kier molecular flexibility index (Phi) is 3.80. The van der Waals surface area contributed by atoms with Gasteiger partial charge in [0.25, 0.3) is 0 Å². The van der Waals surface area contributed by atoms with Gasteiger partial charge in [-0.1, -0.05) is 18.9 Å². The molecule has 0 aromatic heterocycles. The molecule has 0 heterocycles. The van der Waals surface area contributed by atoms with Gasteiger partial charge in [-0.25, -0.2) is 4.79 Å². The van der Waals surface area contributed by atoms with E-state index in [0.29, 0.717) is 12.2 Å². The largest absolute Gasteiger partial charge is 0.478 e. The number of carboxylic acid groups (broad SMARTS) is 1. The van der Waals surface area contributed by atoms with Crippen molar-refractivity contribution >= 4 is 11.7 Å². The first-order valence-corrected chi connectivity index (χ1v) is 6.69. The zero-order valence-corrected chi connectivity index (χ0v) is 11.5. The number of likely N-dealkylation sites (N-methyl/N-ethyl adjacent to an activating group) is 1. The summed E-state index contributed by atoms with van der Waals surface area (Å²) in [5, 5.41) is 19.7. The van der Waals surface area contributed by atoms with Crippen molar-refractivity contribution in [3.8, 4) is 0 Å². The van der Waals surface area contributed by atoms with Crippen molar-refractivity contribution in [3.05, 3.63) is 29.3 Å². The van der Waals surface area contributed by atoms with E-state index in [1.807, 2.05) is 24.9 Å². The average molecular weight is 263 g/mol. The van der Waals surface area contributed by atoms with E-state index in [1.165, 1.54) is 0 Å². The molecule has 1 aliphatic carbocycles. The van der Waals surface area contributed by atoms with Crippen LogP contribution in [0.15, 0.2) is 18.2 Å². The molecule has 1 aliphatic rings. The molecule has 0 atom stereocenters. The SMILES string of the molecule is Cc1ccc(C(=O)O)c(N(C)CC2(O)CCCC2)c1. The summed E-state index contributed by atoms with van der Waals surface area (Å²) in [5.41, 5.74) is 1.31. The van der Waals surface area contributed by atoms with Crippen molar-refractivity contribution in [1.82, 2.24) is 0 Å². The zero-order valence-electron chi connectivity index (χ0n) is 11.5. The third kappa shape index (κ3) is 3.07. The highest BCUT2D eigenvalue weighted by molar-refractivity contribution is 5.94. The predicted molar refractivity (Wildman–Crippen MR) is 74.8 cm³/mol. The molecule has 19 heavy (non-hydrogen) atoms. The molecule has 4 nitrogen and oxygen atoms in total. The lowest BCUT2D eigenvalue weighted by Gasteiger charge is -2.31. The highest BCUT2D eigenvalue weighted by atomic mass is 16.4. The number of benzene rings is 1. The Balaban J connectivity index is 2.24. The van der Waals surface area contributed by atoms with Crippen molar-refractivity contribution in [3.63, 3.8) is 0 Å². The summed E-state index contributed by atoms with van der Waals surface area (Å²) in [6.45, 7) is 2.42. The summed E-state index contributed by atoms with van der Waals surface area (Å²) in [4.78, 5) is 13.1. The number of aryl methyl sites for hydroxylation is 1. The topological polar surface area (TPSA) is 60.8 Å². The van der Waals surface area contributed by atoms with Crippen LogP contribution in [0.25, 0.3) is 0 Å². The fourth-order valence-corrected chi connectivity index (χ4v) is 2.86. The van der Waals surface area contributed by atoms with E-state index in [0.717, 1.165) is 31.2 Å². The molecule has 0 radical (unpaired) electrons. The van der Waals surface area contributed by atoms with E-state index in [2.05, 4.69) is 0 Å². The smallest absolute Gasteiger partial charge is 0.337 e. The molecule has 0 spiro atoms. The summed E-state index contributed by atoms with van der Waals surface area (Å²) < 4.78 is 0. The highest BCUT2D eigenvalue weighted by Crippen LogP contribution is 2.32. The van der Waals surface area contributed by atoms with Crippen molar-refractivity contribution in [1.29, 1.82) is 0 Å². The molecule has 0 aliphatic heterocycles. The van der Waals surface area contributed by atoms with Gasteiger partial charge in [0.05, 0.1) is 16.9 Å². The van der Waals surface area contributed by atoms with Crippen molar-refractivity contribution in [2.45, 2.75) is 38.2 Å². The number of carbonyl (C=O) groups is 1. The van der Waals surface area contributed by atoms with Gasteiger partial charge in [-0.3, -0.25) is 0 Å². The minimum Gasteiger partial charge on any atom is -0.478 e. The second-order valence-electron chi connectivity index (χ2n) is 5.61. The number of rotatable bonds is 4. The summed E-state index contributed by atoms with van der Waals surface area (Å²) in [6, 6.07) is 5.29. The van der Waals surface area contributed by atoms with Crippen LogP contribution in [0.1, 0.15) is 41.6 Å². The molecule has 1 fully saturated rings. The van der Waals surface area contributed by atoms with Gasteiger partial charge in [0, 0.05) is 13.6 Å². The maximum Gasteiger partial charge on any atom is 0.337 e. The van der Waals surface area contributed by atoms with Crippen LogP contribution in [0, 0.1) is 6.92 Å². The molecule has 0 saturated heterocycles. The molecule has 1 aromatic carbocycles. The van der Waals surface area contributed by atoms with Gasteiger partial charge in [-0.15, -0.1) is 0 Å². The number of hydrogen-bond acceptors (Lipinski definition) is 3. The van der Waals surface area contributed by atoms with Crippen molar-refractivity contribution < 1.29 is 15.0 Å². The molecule has 4 heteroatoms. The number of aromatic carboxylic acids is 1. The van der Waals surface area contributed by atoms with Crippen LogP contribution in [-0.2, 0) is 0 Å². The first-order chi connectivity index (χ1) is 8.91. The van der Waals surface area contributed by atoms with Crippen molar-refractivity contribution in [2.24, 2.45) is 0 Å². The Morgan fingerprint density at radius 1 is 1.37 bits per heavy atom. The first kappa shape index (κ1) is 13.9. The maximum absolute atomic E-state index is 11.3. The van der Waals surface area contributed by atoms with Crippen LogP contribution in [0.5, 0.6) is 0 Å². The molecule has 0 bridgehead atoms. The lowest BCUT2D eigenvalue weighted by atomic mass is 10.0. The molecule has 2 N–H and O–H groups in total. The quantitative estimate of drug-likeness (QED) is 0.876. The first-order valence-electron chi connectivity index (χ1n) is 6.69.